The van der Waals surface area contributed by atoms with Crippen LogP contribution in [0.2, 0.25) is 0 Å². The molecule has 2 rings (SSSR count). The van der Waals surface area contributed by atoms with Gasteiger partial charge >= 0.3 is 0 Å². The average Bonchev–Trinajstić information content (AvgIpc) is 2.45. The average molecular weight is 272 g/mol. The number of nitrogens with one attached hydrogen (secondary N) is 1. The molecule has 0 aliphatic rings. The molecule has 3 nitrogen and oxygen atoms in total. The first-order valence-corrected chi connectivity index (χ1v) is 6.98. The molecule has 0 fully saturated rings. The monoisotopic (exact) mass is 272 g/mol. The molecule has 19 heavy (non-hydrogen) atoms. The van der Waals surface area contributed by atoms with Crippen LogP contribution in [0.5, 0.6) is 5.75 Å². The summed E-state index contributed by atoms with van der Waals surface area (Å²) in [5, 5.41) is 12.5. The highest BCUT2D eigenvalue weighted by Crippen LogP contribution is 2.27. The topological polar surface area (TPSA) is 45.1 Å². The Morgan fingerprint density at radius 2 is 2.11 bits per heavy atom. The van der Waals surface area contributed by atoms with Crippen LogP contribution in [-0.2, 0) is 6.54 Å². The van der Waals surface area contributed by atoms with Crippen molar-refractivity contribution in [2.24, 2.45) is 0 Å². The first-order valence-electron chi connectivity index (χ1n) is 6.00. The molecule has 1 aromatic heterocycles. The third-order valence-corrected chi connectivity index (χ3v) is 3.58. The van der Waals surface area contributed by atoms with Gasteiger partial charge in [0.2, 0.25) is 0 Å². The van der Waals surface area contributed by atoms with E-state index in [2.05, 4.69) is 22.9 Å². The van der Waals surface area contributed by atoms with Crippen molar-refractivity contribution in [1.29, 1.82) is 0 Å². The van der Waals surface area contributed by atoms with Gasteiger partial charge < -0.3 is 10.4 Å². The lowest BCUT2D eigenvalue weighted by molar-refractivity contribution is 0.472. The van der Waals surface area contributed by atoms with Crippen LogP contribution in [0.25, 0.3) is 0 Å². The molecule has 0 aliphatic heterocycles. The van der Waals surface area contributed by atoms with E-state index in [4.69, 9.17) is 0 Å². The van der Waals surface area contributed by atoms with E-state index in [0.717, 1.165) is 17.1 Å². The number of aromatic hydroxyl groups is 1. The second-order valence-electron chi connectivity index (χ2n) is 3.96. The zero-order chi connectivity index (χ0) is 13.5. The Kier molecular flexibility index (Phi) is 4.86. The smallest absolute Gasteiger partial charge is 0.133 e. The largest absolute Gasteiger partial charge is 0.506 e. The van der Waals surface area contributed by atoms with Crippen molar-refractivity contribution in [3.05, 3.63) is 60.9 Å². The highest BCUT2D eigenvalue weighted by Gasteiger charge is 2.02. The second kappa shape index (κ2) is 6.85. The van der Waals surface area contributed by atoms with Crippen molar-refractivity contribution in [2.75, 3.05) is 11.1 Å². The van der Waals surface area contributed by atoms with Gasteiger partial charge in [-0.2, -0.15) is 0 Å². The van der Waals surface area contributed by atoms with Crippen LogP contribution in [0.3, 0.4) is 0 Å². The lowest BCUT2D eigenvalue weighted by atomic mass is 10.3. The highest BCUT2D eigenvalue weighted by atomic mass is 32.2. The van der Waals surface area contributed by atoms with Crippen LogP contribution in [0.1, 0.15) is 5.69 Å². The highest BCUT2D eigenvalue weighted by molar-refractivity contribution is 7.99. The van der Waals surface area contributed by atoms with E-state index < -0.39 is 0 Å². The molecule has 0 bridgehead atoms. The number of para-hydroxylation sites is 1. The Balaban J connectivity index is 2.02. The Morgan fingerprint density at radius 1 is 1.26 bits per heavy atom. The fourth-order valence-electron chi connectivity index (χ4n) is 1.59. The molecule has 0 saturated carbocycles. The Morgan fingerprint density at radius 3 is 2.84 bits per heavy atom. The van der Waals surface area contributed by atoms with Gasteiger partial charge in [-0.05, 0) is 24.3 Å². The van der Waals surface area contributed by atoms with Crippen molar-refractivity contribution in [3.8, 4) is 5.75 Å². The van der Waals surface area contributed by atoms with Gasteiger partial charge in [-0.25, -0.2) is 0 Å². The first-order chi connectivity index (χ1) is 9.29. The third-order valence-electron chi connectivity index (χ3n) is 2.51. The fraction of sp³-hybridized carbons (Fsp3) is 0.133. The summed E-state index contributed by atoms with van der Waals surface area (Å²) in [5.41, 5.74) is 1.98. The lowest BCUT2D eigenvalue weighted by Crippen LogP contribution is -2.02. The number of benzene rings is 1. The minimum Gasteiger partial charge on any atom is -0.506 e. The molecule has 0 unspecified atom stereocenters. The predicted molar refractivity (Wildman–Crippen MR) is 80.6 cm³/mol. The van der Waals surface area contributed by atoms with Crippen molar-refractivity contribution in [1.82, 2.24) is 4.98 Å². The van der Waals surface area contributed by atoms with Crippen LogP contribution < -0.4 is 5.32 Å². The molecule has 0 spiro atoms. The van der Waals surface area contributed by atoms with Gasteiger partial charge in [-0.15, -0.1) is 18.3 Å². The van der Waals surface area contributed by atoms with Crippen molar-refractivity contribution in [2.45, 2.75) is 11.4 Å². The van der Waals surface area contributed by atoms with E-state index in [-0.39, 0.29) is 5.75 Å². The maximum Gasteiger partial charge on any atom is 0.133 e. The minimum atomic E-state index is 0.186. The van der Waals surface area contributed by atoms with Crippen LogP contribution >= 0.6 is 11.8 Å². The van der Waals surface area contributed by atoms with E-state index in [1.54, 1.807) is 17.8 Å². The summed E-state index contributed by atoms with van der Waals surface area (Å²) in [5.74, 6) is 1.07. The van der Waals surface area contributed by atoms with Crippen molar-refractivity contribution < 1.29 is 5.11 Å². The molecule has 0 aliphatic carbocycles. The van der Waals surface area contributed by atoms with Crippen molar-refractivity contribution in [3.63, 3.8) is 0 Å². The maximum absolute atomic E-state index is 9.19. The lowest BCUT2D eigenvalue weighted by Gasteiger charge is -2.10. The normalized spacial score (nSPS) is 10.1. The number of rotatable bonds is 6. The molecular formula is C15H16N2OS. The van der Waals surface area contributed by atoms with Gasteiger partial charge in [-0.1, -0.05) is 18.2 Å². The predicted octanol–water partition coefficient (Wildman–Crippen LogP) is 3.68. The zero-order valence-electron chi connectivity index (χ0n) is 10.5. The summed E-state index contributed by atoms with van der Waals surface area (Å²) in [6, 6.07) is 11.6. The Labute approximate surface area is 117 Å². The van der Waals surface area contributed by atoms with Crippen LogP contribution in [0.15, 0.2) is 60.1 Å². The summed E-state index contributed by atoms with van der Waals surface area (Å²) in [6.07, 6.45) is 3.35. The Hall–Kier alpha value is -1.94. The fourth-order valence-corrected chi connectivity index (χ4v) is 2.36. The van der Waals surface area contributed by atoms with Gasteiger partial charge in [0.15, 0.2) is 0 Å². The quantitative estimate of drug-likeness (QED) is 0.622. The number of anilines is 1. The third kappa shape index (κ3) is 4.03. The molecule has 0 radical (unpaired) electrons. The first kappa shape index (κ1) is 13.5. The molecule has 2 aromatic rings. The molecule has 1 aromatic carbocycles. The van der Waals surface area contributed by atoms with Crippen molar-refractivity contribution >= 4 is 17.4 Å². The summed E-state index contributed by atoms with van der Waals surface area (Å²) in [4.78, 5) is 5.35. The number of hydrogen-bond donors (Lipinski definition) is 2. The molecule has 0 amide bonds. The van der Waals surface area contributed by atoms with E-state index in [1.165, 1.54) is 11.1 Å². The van der Waals surface area contributed by atoms with E-state index in [1.807, 2.05) is 30.3 Å². The number of nitrogens with zero attached hydrogens (tertiary/aromatic N) is 1. The molecule has 2 N–H and O–H groups in total. The standard InChI is InChI=1S/C15H16N2OS/c1-2-9-19-15-6-4-3-5-14(15)17-10-12-7-8-13(18)11-16-12/h2-8,11,17-18H,1,9-10H2. The van der Waals surface area contributed by atoms with Crippen LogP contribution in [0, 0.1) is 0 Å². The number of hydrogen-bond acceptors (Lipinski definition) is 4. The minimum absolute atomic E-state index is 0.186. The van der Waals surface area contributed by atoms with Gasteiger partial charge in [-0.3, -0.25) is 4.98 Å². The van der Waals surface area contributed by atoms with Crippen LogP contribution in [0.4, 0.5) is 5.69 Å². The maximum atomic E-state index is 9.19. The van der Waals surface area contributed by atoms with E-state index in [9.17, 15) is 5.11 Å². The summed E-state index contributed by atoms with van der Waals surface area (Å²) < 4.78 is 0. The zero-order valence-corrected chi connectivity index (χ0v) is 11.4. The molecule has 4 heteroatoms. The summed E-state index contributed by atoms with van der Waals surface area (Å²) in [6.45, 7) is 4.36. The molecule has 0 saturated heterocycles. The summed E-state index contributed by atoms with van der Waals surface area (Å²) >= 11 is 1.74. The van der Waals surface area contributed by atoms with Gasteiger partial charge in [0, 0.05) is 16.3 Å². The van der Waals surface area contributed by atoms with Gasteiger partial charge in [0.1, 0.15) is 5.75 Å². The molecule has 98 valence electrons. The van der Waals surface area contributed by atoms with E-state index in [0.29, 0.717) is 6.54 Å². The van der Waals surface area contributed by atoms with E-state index >= 15 is 0 Å². The van der Waals surface area contributed by atoms with Gasteiger partial charge in [0.05, 0.1) is 18.4 Å². The molecular weight excluding hydrogens is 256 g/mol. The number of pyridine rings is 1. The summed E-state index contributed by atoms with van der Waals surface area (Å²) in [7, 11) is 0. The number of aromatic nitrogens is 1. The van der Waals surface area contributed by atoms with Crippen LogP contribution in [-0.4, -0.2) is 15.8 Å². The Bertz CT molecular complexity index is 540. The SMILES string of the molecule is C=CCSc1ccccc1NCc1ccc(O)cn1. The number of thioether (sulfide) groups is 1. The molecule has 1 heterocycles. The second-order valence-corrected chi connectivity index (χ2v) is 5.02. The molecule has 0 atom stereocenters. The van der Waals surface area contributed by atoms with Gasteiger partial charge in [0.25, 0.3) is 0 Å².